The lowest BCUT2D eigenvalue weighted by Crippen LogP contribution is -2.37. The van der Waals surface area contributed by atoms with E-state index in [1.807, 2.05) is 45.4 Å². The largest absolute Gasteiger partial charge is 0.496 e. The quantitative estimate of drug-likeness (QED) is 0.880. The highest BCUT2D eigenvalue weighted by Crippen LogP contribution is 2.20. The third kappa shape index (κ3) is 3.90. The molecule has 1 aromatic carbocycles. The molecule has 0 radical (unpaired) electrons. The average Bonchev–Trinajstić information content (AvgIpc) is 2.94. The van der Waals surface area contributed by atoms with Gasteiger partial charge < -0.3 is 15.0 Å². The number of carbonyl (C=O) groups excluding carboxylic acids is 1. The summed E-state index contributed by atoms with van der Waals surface area (Å²) in [5.41, 5.74) is 2.99. The van der Waals surface area contributed by atoms with Crippen LogP contribution < -0.4 is 10.1 Å². The summed E-state index contributed by atoms with van der Waals surface area (Å²) in [7, 11) is 7.08. The maximum absolute atomic E-state index is 12.7. The highest BCUT2D eigenvalue weighted by atomic mass is 16.5. The van der Waals surface area contributed by atoms with Crippen LogP contribution in [0.2, 0.25) is 0 Å². The first-order valence-corrected chi connectivity index (χ1v) is 7.50. The second-order valence-electron chi connectivity index (χ2n) is 5.67. The number of methoxy groups -OCH3 is 1. The first kappa shape index (κ1) is 17.0. The van der Waals surface area contributed by atoms with Crippen molar-refractivity contribution in [3.63, 3.8) is 0 Å². The second kappa shape index (κ2) is 7.28. The number of nitrogens with one attached hydrogen (secondary N) is 1. The van der Waals surface area contributed by atoms with Gasteiger partial charge in [-0.1, -0.05) is 12.1 Å². The molecule has 0 fully saturated rings. The van der Waals surface area contributed by atoms with Gasteiger partial charge in [-0.25, -0.2) is 0 Å². The molecule has 6 heteroatoms. The van der Waals surface area contributed by atoms with Crippen LogP contribution in [-0.2, 0) is 18.4 Å². The summed E-state index contributed by atoms with van der Waals surface area (Å²) < 4.78 is 6.96. The van der Waals surface area contributed by atoms with Gasteiger partial charge in [0.2, 0.25) is 5.91 Å². The molecule has 23 heavy (non-hydrogen) atoms. The molecule has 0 saturated heterocycles. The molecular formula is C17H24N4O2. The van der Waals surface area contributed by atoms with Crippen LogP contribution in [0, 0.1) is 6.92 Å². The Kier molecular flexibility index (Phi) is 5.39. The molecule has 0 aliphatic carbocycles. The Morgan fingerprint density at radius 1 is 1.48 bits per heavy atom. The van der Waals surface area contributed by atoms with Crippen LogP contribution >= 0.6 is 0 Å². The zero-order chi connectivity index (χ0) is 17.0. The molecular weight excluding hydrogens is 292 g/mol. The minimum Gasteiger partial charge on any atom is -0.496 e. The van der Waals surface area contributed by atoms with Crippen LogP contribution in [0.1, 0.15) is 22.7 Å². The second-order valence-corrected chi connectivity index (χ2v) is 5.67. The highest BCUT2D eigenvalue weighted by molar-refractivity contribution is 5.83. The summed E-state index contributed by atoms with van der Waals surface area (Å²) in [6.45, 7) is 2.54. The van der Waals surface area contributed by atoms with Gasteiger partial charge in [-0.05, 0) is 31.2 Å². The number of aryl methyl sites for hydroxylation is 2. The van der Waals surface area contributed by atoms with Crippen LogP contribution in [0.4, 0.5) is 0 Å². The molecule has 1 N–H and O–H groups in total. The molecule has 0 saturated carbocycles. The van der Waals surface area contributed by atoms with E-state index in [0.29, 0.717) is 6.54 Å². The van der Waals surface area contributed by atoms with E-state index in [9.17, 15) is 4.79 Å². The molecule has 0 spiro atoms. The van der Waals surface area contributed by atoms with E-state index in [0.717, 1.165) is 22.4 Å². The molecule has 2 rings (SSSR count). The molecule has 0 bridgehead atoms. The summed E-state index contributed by atoms with van der Waals surface area (Å²) in [4.78, 5) is 14.4. The maximum Gasteiger partial charge on any atom is 0.244 e. The Morgan fingerprint density at radius 3 is 2.74 bits per heavy atom. The number of likely N-dealkylation sites (N-methyl/N-ethyl adjacent to an activating group) is 2. The predicted molar refractivity (Wildman–Crippen MR) is 89.2 cm³/mol. The van der Waals surface area contributed by atoms with Crippen molar-refractivity contribution in [3.8, 4) is 5.75 Å². The lowest BCUT2D eigenvalue weighted by atomic mass is 10.1. The van der Waals surface area contributed by atoms with Crippen molar-refractivity contribution in [3.05, 3.63) is 47.3 Å². The van der Waals surface area contributed by atoms with E-state index in [4.69, 9.17) is 4.74 Å². The minimum absolute atomic E-state index is 0.00831. The van der Waals surface area contributed by atoms with E-state index in [2.05, 4.69) is 10.4 Å². The van der Waals surface area contributed by atoms with E-state index in [1.165, 1.54) is 0 Å². The van der Waals surface area contributed by atoms with E-state index in [-0.39, 0.29) is 5.91 Å². The maximum atomic E-state index is 12.7. The van der Waals surface area contributed by atoms with Gasteiger partial charge in [0.05, 0.1) is 13.3 Å². The minimum atomic E-state index is -0.395. The van der Waals surface area contributed by atoms with Crippen molar-refractivity contribution in [1.29, 1.82) is 0 Å². The molecule has 0 aliphatic rings. The summed E-state index contributed by atoms with van der Waals surface area (Å²) in [5, 5.41) is 7.20. The Hall–Kier alpha value is -2.34. The predicted octanol–water partition coefficient (Wildman–Crippen LogP) is 1.66. The Morgan fingerprint density at radius 2 is 2.22 bits per heavy atom. The molecule has 1 unspecified atom stereocenters. The van der Waals surface area contributed by atoms with Gasteiger partial charge >= 0.3 is 0 Å². The van der Waals surface area contributed by atoms with E-state index >= 15 is 0 Å². The van der Waals surface area contributed by atoms with Crippen molar-refractivity contribution in [2.45, 2.75) is 19.5 Å². The number of rotatable bonds is 6. The van der Waals surface area contributed by atoms with Crippen LogP contribution in [0.3, 0.4) is 0 Å². The van der Waals surface area contributed by atoms with Crippen LogP contribution in [-0.4, -0.2) is 41.8 Å². The van der Waals surface area contributed by atoms with Gasteiger partial charge in [-0.3, -0.25) is 9.48 Å². The number of benzene rings is 1. The van der Waals surface area contributed by atoms with Gasteiger partial charge in [0.15, 0.2) is 0 Å². The van der Waals surface area contributed by atoms with Gasteiger partial charge in [-0.2, -0.15) is 5.10 Å². The van der Waals surface area contributed by atoms with Crippen LogP contribution in [0.15, 0.2) is 30.6 Å². The number of hydrogen-bond acceptors (Lipinski definition) is 4. The third-order valence-electron chi connectivity index (χ3n) is 3.85. The fourth-order valence-corrected chi connectivity index (χ4v) is 2.63. The van der Waals surface area contributed by atoms with Gasteiger partial charge in [0.25, 0.3) is 0 Å². The molecule has 124 valence electrons. The van der Waals surface area contributed by atoms with E-state index in [1.54, 1.807) is 29.9 Å². The Bertz CT molecular complexity index is 681. The average molecular weight is 316 g/mol. The first-order chi connectivity index (χ1) is 11.0. The molecule has 1 atom stereocenters. The third-order valence-corrected chi connectivity index (χ3v) is 3.85. The standard InChI is InChI=1S/C17H24N4O2/c1-12-8-13(6-7-15(12)23-5)10-20(3)17(22)16(18-2)14-9-19-21(4)11-14/h6-9,11,16,18H,10H2,1-5H3. The van der Waals surface area contributed by atoms with Crippen molar-refractivity contribution < 1.29 is 9.53 Å². The zero-order valence-corrected chi connectivity index (χ0v) is 14.3. The SMILES string of the molecule is CNC(C(=O)N(C)Cc1ccc(OC)c(C)c1)c1cnn(C)c1. The van der Waals surface area contributed by atoms with Crippen LogP contribution in [0.5, 0.6) is 5.75 Å². The zero-order valence-electron chi connectivity index (χ0n) is 14.3. The monoisotopic (exact) mass is 316 g/mol. The van der Waals surface area contributed by atoms with Crippen molar-refractivity contribution in [1.82, 2.24) is 20.0 Å². The van der Waals surface area contributed by atoms with Crippen LogP contribution in [0.25, 0.3) is 0 Å². The molecule has 0 aliphatic heterocycles. The van der Waals surface area contributed by atoms with Gasteiger partial charge in [0.1, 0.15) is 11.8 Å². The number of ether oxygens (including phenoxy) is 1. The van der Waals surface area contributed by atoms with Gasteiger partial charge in [0, 0.05) is 32.4 Å². The number of nitrogens with zero attached hydrogens (tertiary/aromatic N) is 3. The number of hydrogen-bond donors (Lipinski definition) is 1. The molecule has 1 amide bonds. The molecule has 2 aromatic rings. The summed E-state index contributed by atoms with van der Waals surface area (Å²) in [5.74, 6) is 0.861. The normalized spacial score (nSPS) is 12.0. The van der Waals surface area contributed by atoms with Crippen molar-refractivity contribution >= 4 is 5.91 Å². The number of carbonyl (C=O) groups is 1. The topological polar surface area (TPSA) is 59.4 Å². The summed E-state index contributed by atoms with van der Waals surface area (Å²) in [6.07, 6.45) is 3.56. The molecule has 1 aromatic heterocycles. The smallest absolute Gasteiger partial charge is 0.244 e. The lowest BCUT2D eigenvalue weighted by Gasteiger charge is -2.23. The lowest BCUT2D eigenvalue weighted by molar-refractivity contribution is -0.132. The van der Waals surface area contributed by atoms with Crippen molar-refractivity contribution in [2.24, 2.45) is 7.05 Å². The summed E-state index contributed by atoms with van der Waals surface area (Å²) in [6, 6.07) is 5.56. The van der Waals surface area contributed by atoms with E-state index < -0.39 is 6.04 Å². The first-order valence-electron chi connectivity index (χ1n) is 7.50. The highest BCUT2D eigenvalue weighted by Gasteiger charge is 2.23. The fourth-order valence-electron chi connectivity index (χ4n) is 2.63. The number of amides is 1. The number of aromatic nitrogens is 2. The Balaban J connectivity index is 2.11. The summed E-state index contributed by atoms with van der Waals surface area (Å²) >= 11 is 0. The fraction of sp³-hybridized carbons (Fsp3) is 0.412. The van der Waals surface area contributed by atoms with Crippen molar-refractivity contribution in [2.75, 3.05) is 21.2 Å². The molecule has 6 nitrogen and oxygen atoms in total. The van der Waals surface area contributed by atoms with Gasteiger partial charge in [-0.15, -0.1) is 0 Å². The Labute approximate surface area is 137 Å². The molecule has 1 heterocycles.